The number of non-ortho nitro benzene ring substituents is 1. The Balaban J connectivity index is 1.87. The highest BCUT2D eigenvalue weighted by atomic mass is 16.6. The quantitative estimate of drug-likeness (QED) is 0.605. The molecule has 2 bridgehead atoms. The molecule has 20 heavy (non-hydrogen) atoms. The maximum absolute atomic E-state index is 10.7. The van der Waals surface area contributed by atoms with Crippen LogP contribution in [0.5, 0.6) is 0 Å². The minimum Gasteiger partial charge on any atom is -0.368 e. The van der Waals surface area contributed by atoms with E-state index >= 15 is 0 Å². The van der Waals surface area contributed by atoms with Crippen LogP contribution < -0.4 is 4.90 Å². The van der Waals surface area contributed by atoms with Crippen LogP contribution in [-0.2, 0) is 0 Å². The molecule has 2 aliphatic rings. The number of anilines is 1. The summed E-state index contributed by atoms with van der Waals surface area (Å²) >= 11 is 0. The third-order valence-electron chi connectivity index (χ3n) is 4.81. The molecule has 4 heteroatoms. The number of nitrogens with zero attached hydrogens (tertiary/aromatic N) is 2. The monoisotopic (exact) mass is 274 g/mol. The molecule has 0 unspecified atom stereocenters. The Hall–Kier alpha value is -1.58. The van der Waals surface area contributed by atoms with E-state index in [9.17, 15) is 10.1 Å². The van der Waals surface area contributed by atoms with E-state index in [-0.39, 0.29) is 10.6 Å². The van der Waals surface area contributed by atoms with E-state index in [0.717, 1.165) is 12.2 Å². The summed E-state index contributed by atoms with van der Waals surface area (Å²) in [6.45, 7) is 8.17. The number of nitro groups is 1. The first kappa shape index (κ1) is 13.4. The van der Waals surface area contributed by atoms with Gasteiger partial charge in [-0.2, -0.15) is 0 Å². The van der Waals surface area contributed by atoms with Gasteiger partial charge in [-0.15, -0.1) is 0 Å². The molecular formula is C16H22N2O2. The van der Waals surface area contributed by atoms with Crippen LogP contribution in [0.3, 0.4) is 0 Å². The van der Waals surface area contributed by atoms with Gasteiger partial charge in [0.05, 0.1) is 4.92 Å². The Kier molecular flexibility index (Phi) is 2.82. The van der Waals surface area contributed by atoms with E-state index in [4.69, 9.17) is 0 Å². The van der Waals surface area contributed by atoms with Crippen molar-refractivity contribution >= 4 is 11.4 Å². The first-order chi connectivity index (χ1) is 9.28. The molecule has 1 saturated carbocycles. The first-order valence-electron chi connectivity index (χ1n) is 7.29. The summed E-state index contributed by atoms with van der Waals surface area (Å²) in [4.78, 5) is 12.9. The summed E-state index contributed by atoms with van der Waals surface area (Å²) in [5, 5.41) is 10.7. The van der Waals surface area contributed by atoms with Gasteiger partial charge in [0, 0.05) is 30.4 Å². The SMILES string of the molecule is CC1(C)C[C@@H]2C[C@@](C)(CN2c2ccc([N+](=O)[O-])cc2)C1. The zero-order valence-electron chi connectivity index (χ0n) is 12.4. The zero-order valence-corrected chi connectivity index (χ0v) is 12.4. The first-order valence-corrected chi connectivity index (χ1v) is 7.29. The van der Waals surface area contributed by atoms with Crippen molar-refractivity contribution in [2.75, 3.05) is 11.4 Å². The van der Waals surface area contributed by atoms with Crippen LogP contribution in [0.4, 0.5) is 11.4 Å². The fraction of sp³-hybridized carbons (Fsp3) is 0.625. The van der Waals surface area contributed by atoms with Crippen molar-refractivity contribution in [3.8, 4) is 0 Å². The van der Waals surface area contributed by atoms with Crippen LogP contribution in [0.1, 0.15) is 40.0 Å². The Morgan fingerprint density at radius 2 is 1.85 bits per heavy atom. The van der Waals surface area contributed by atoms with E-state index in [1.807, 2.05) is 12.1 Å². The number of hydrogen-bond donors (Lipinski definition) is 0. The van der Waals surface area contributed by atoms with Gasteiger partial charge in [0.1, 0.15) is 0 Å². The van der Waals surface area contributed by atoms with Crippen molar-refractivity contribution < 1.29 is 4.92 Å². The highest BCUT2D eigenvalue weighted by Gasteiger charge is 2.49. The van der Waals surface area contributed by atoms with E-state index in [1.165, 1.54) is 19.3 Å². The highest BCUT2D eigenvalue weighted by Crippen LogP contribution is 2.53. The summed E-state index contributed by atoms with van der Waals surface area (Å²) in [6, 6.07) is 7.60. The number of nitro benzene ring substituents is 1. The molecule has 1 aromatic carbocycles. The molecule has 108 valence electrons. The molecule has 1 aromatic rings. The highest BCUT2D eigenvalue weighted by molar-refractivity contribution is 5.53. The van der Waals surface area contributed by atoms with E-state index in [0.29, 0.717) is 16.9 Å². The summed E-state index contributed by atoms with van der Waals surface area (Å²) in [7, 11) is 0. The third kappa shape index (κ3) is 2.28. The topological polar surface area (TPSA) is 46.4 Å². The fourth-order valence-electron chi connectivity index (χ4n) is 4.53. The lowest BCUT2D eigenvalue weighted by Gasteiger charge is -2.39. The summed E-state index contributed by atoms with van der Waals surface area (Å²) in [5.74, 6) is 0. The molecule has 1 aliphatic heterocycles. The van der Waals surface area contributed by atoms with Crippen molar-refractivity contribution in [1.29, 1.82) is 0 Å². The summed E-state index contributed by atoms with van der Waals surface area (Å²) < 4.78 is 0. The van der Waals surface area contributed by atoms with Crippen LogP contribution in [0.25, 0.3) is 0 Å². The van der Waals surface area contributed by atoms with Gasteiger partial charge in [-0.3, -0.25) is 10.1 Å². The average molecular weight is 274 g/mol. The lowest BCUT2D eigenvalue weighted by molar-refractivity contribution is -0.384. The Morgan fingerprint density at radius 1 is 1.20 bits per heavy atom. The Bertz CT molecular complexity index is 538. The summed E-state index contributed by atoms with van der Waals surface area (Å²) in [6.07, 6.45) is 3.72. The maximum atomic E-state index is 10.7. The van der Waals surface area contributed by atoms with Gasteiger partial charge < -0.3 is 4.90 Å². The molecule has 0 radical (unpaired) electrons. The molecule has 0 aromatic heterocycles. The molecule has 4 nitrogen and oxygen atoms in total. The van der Waals surface area contributed by atoms with E-state index in [2.05, 4.69) is 25.7 Å². The van der Waals surface area contributed by atoms with Crippen molar-refractivity contribution in [1.82, 2.24) is 0 Å². The molecule has 0 amide bonds. The van der Waals surface area contributed by atoms with Crippen molar-refractivity contribution in [3.63, 3.8) is 0 Å². The van der Waals surface area contributed by atoms with Crippen LogP contribution >= 0.6 is 0 Å². The van der Waals surface area contributed by atoms with Crippen molar-refractivity contribution in [2.45, 2.75) is 46.1 Å². The number of fused-ring (bicyclic) bond motifs is 2. The molecule has 3 rings (SSSR count). The fourth-order valence-corrected chi connectivity index (χ4v) is 4.53. The second kappa shape index (κ2) is 4.21. The van der Waals surface area contributed by atoms with Gasteiger partial charge in [-0.25, -0.2) is 0 Å². The smallest absolute Gasteiger partial charge is 0.269 e. The van der Waals surface area contributed by atoms with Crippen LogP contribution in [-0.4, -0.2) is 17.5 Å². The number of hydrogen-bond acceptors (Lipinski definition) is 3. The molecule has 1 saturated heterocycles. The van der Waals surface area contributed by atoms with Crippen molar-refractivity contribution in [3.05, 3.63) is 34.4 Å². The minimum atomic E-state index is -0.337. The average Bonchev–Trinajstić information content (AvgIpc) is 2.58. The zero-order chi connectivity index (χ0) is 14.5. The van der Waals surface area contributed by atoms with Crippen molar-refractivity contribution in [2.24, 2.45) is 10.8 Å². The molecular weight excluding hydrogens is 252 g/mol. The van der Waals surface area contributed by atoms with Gasteiger partial charge in [-0.05, 0) is 42.2 Å². The normalized spacial score (nSPS) is 31.4. The predicted molar refractivity (Wildman–Crippen MR) is 80.0 cm³/mol. The maximum Gasteiger partial charge on any atom is 0.269 e. The largest absolute Gasteiger partial charge is 0.368 e. The van der Waals surface area contributed by atoms with E-state index < -0.39 is 0 Å². The molecule has 0 N–H and O–H groups in total. The van der Waals surface area contributed by atoms with Crippen LogP contribution in [0, 0.1) is 20.9 Å². The standard InChI is InChI=1S/C16H22N2O2/c1-15(2)8-14-9-16(3,10-15)11-17(14)12-4-6-13(7-5-12)18(19)20/h4-7,14H,8-11H2,1-3H3/t14-,16-/m1/s1. The summed E-state index contributed by atoms with van der Waals surface area (Å²) in [5.41, 5.74) is 2.07. The van der Waals surface area contributed by atoms with Gasteiger partial charge >= 0.3 is 0 Å². The second-order valence-electron chi connectivity index (χ2n) is 7.62. The predicted octanol–water partition coefficient (Wildman–Crippen LogP) is 4.00. The van der Waals surface area contributed by atoms with Gasteiger partial charge in [0.15, 0.2) is 0 Å². The molecule has 2 fully saturated rings. The lowest BCUT2D eigenvalue weighted by atomic mass is 9.65. The van der Waals surface area contributed by atoms with Gasteiger partial charge in [0.25, 0.3) is 5.69 Å². The molecule has 1 heterocycles. The van der Waals surface area contributed by atoms with E-state index in [1.54, 1.807) is 12.1 Å². The lowest BCUT2D eigenvalue weighted by Crippen LogP contribution is -2.34. The molecule has 2 atom stereocenters. The number of benzene rings is 1. The minimum absolute atomic E-state index is 0.169. The van der Waals surface area contributed by atoms with Crippen LogP contribution in [0.15, 0.2) is 24.3 Å². The van der Waals surface area contributed by atoms with Crippen LogP contribution in [0.2, 0.25) is 0 Å². The Morgan fingerprint density at radius 3 is 2.45 bits per heavy atom. The number of rotatable bonds is 2. The Labute approximate surface area is 119 Å². The van der Waals surface area contributed by atoms with Gasteiger partial charge in [-0.1, -0.05) is 20.8 Å². The third-order valence-corrected chi connectivity index (χ3v) is 4.81. The molecule has 1 aliphatic carbocycles. The van der Waals surface area contributed by atoms with Gasteiger partial charge in [0.2, 0.25) is 0 Å². The molecule has 0 spiro atoms. The second-order valence-corrected chi connectivity index (χ2v) is 7.62.